The average Bonchev–Trinajstić information content (AvgIpc) is 2.55. The number of nitro benzene ring substituents is 1. The van der Waals surface area contributed by atoms with Gasteiger partial charge in [-0.15, -0.1) is 0 Å². The van der Waals surface area contributed by atoms with Gasteiger partial charge in [0, 0.05) is 30.9 Å². The molecule has 1 aliphatic heterocycles. The van der Waals surface area contributed by atoms with Gasteiger partial charge in [0.05, 0.1) is 11.0 Å². The number of benzene rings is 1. The number of ether oxygens (including phenoxy) is 1. The van der Waals surface area contributed by atoms with E-state index in [0.29, 0.717) is 16.8 Å². The van der Waals surface area contributed by atoms with Crippen molar-refractivity contribution >= 4 is 5.69 Å². The lowest BCUT2D eigenvalue weighted by Gasteiger charge is -2.42. The van der Waals surface area contributed by atoms with E-state index in [1.807, 2.05) is 22.8 Å². The molecule has 1 aliphatic rings. The van der Waals surface area contributed by atoms with E-state index in [4.69, 9.17) is 4.74 Å². The lowest BCUT2D eigenvalue weighted by atomic mass is 9.86. The quantitative estimate of drug-likeness (QED) is 0.674. The van der Waals surface area contributed by atoms with Crippen LogP contribution in [-0.4, -0.2) is 33.3 Å². The molecule has 126 valence electrons. The van der Waals surface area contributed by atoms with Crippen LogP contribution in [0.1, 0.15) is 25.5 Å². The van der Waals surface area contributed by atoms with Gasteiger partial charge in [-0.05, 0) is 32.0 Å². The number of hydrogen-bond donors (Lipinski definition) is 1. The molecule has 2 unspecified atom stereocenters. The van der Waals surface area contributed by atoms with Crippen LogP contribution in [0.2, 0.25) is 0 Å². The Morgan fingerprint density at radius 2 is 2.08 bits per heavy atom. The number of fused-ring (bicyclic) bond motifs is 1. The molecule has 24 heavy (non-hydrogen) atoms. The fraction of sp³-hybridized carbons (Fsp3) is 0.353. The van der Waals surface area contributed by atoms with Crippen LogP contribution in [0.3, 0.4) is 0 Å². The summed E-state index contributed by atoms with van der Waals surface area (Å²) < 4.78 is 7.69. The van der Waals surface area contributed by atoms with Crippen LogP contribution in [0.4, 0.5) is 5.69 Å². The van der Waals surface area contributed by atoms with Gasteiger partial charge >= 0.3 is 0 Å². The summed E-state index contributed by atoms with van der Waals surface area (Å²) in [5.41, 5.74) is 0.344. The summed E-state index contributed by atoms with van der Waals surface area (Å²) in [7, 11) is 1.66. The zero-order valence-electron chi connectivity index (χ0n) is 13.7. The van der Waals surface area contributed by atoms with Crippen LogP contribution in [0.25, 0.3) is 0 Å². The summed E-state index contributed by atoms with van der Waals surface area (Å²) in [6.07, 6.45) is 0.903. The predicted molar refractivity (Wildman–Crippen MR) is 87.9 cm³/mol. The second-order valence-corrected chi connectivity index (χ2v) is 6.26. The van der Waals surface area contributed by atoms with Crippen molar-refractivity contribution in [2.45, 2.75) is 31.6 Å². The molecular weight excluding hydrogens is 310 g/mol. The number of pyridine rings is 1. The molecule has 0 radical (unpaired) electrons. The number of rotatable bonds is 2. The first-order chi connectivity index (χ1) is 11.3. The molecular formula is C17H19N3O4. The Kier molecular flexibility index (Phi) is 3.88. The average molecular weight is 329 g/mol. The summed E-state index contributed by atoms with van der Waals surface area (Å²) in [5, 5.41) is 22.0. The summed E-state index contributed by atoms with van der Waals surface area (Å²) >= 11 is 0. The third kappa shape index (κ3) is 2.56. The standard InChI is InChI=1S/C17H19N3O4/c1-17(2)16(21)15(19-9-5-4-6-14(19)18-3)12-10-11(20(22)23)7-8-13(12)24-17/h4-10,15-16,21H,1-3H3. The van der Waals surface area contributed by atoms with Crippen LogP contribution in [0, 0.1) is 10.1 Å². The van der Waals surface area contributed by atoms with Crippen molar-refractivity contribution < 1.29 is 14.8 Å². The molecule has 0 bridgehead atoms. The molecule has 2 aromatic rings. The molecule has 3 rings (SSSR count). The Bertz CT molecular complexity index is 857. The molecule has 2 atom stereocenters. The Morgan fingerprint density at radius 3 is 2.75 bits per heavy atom. The molecule has 1 N–H and O–H groups in total. The molecule has 0 spiro atoms. The highest BCUT2D eigenvalue weighted by Crippen LogP contribution is 2.42. The van der Waals surface area contributed by atoms with Gasteiger partial charge in [-0.2, -0.15) is 0 Å². The first-order valence-electron chi connectivity index (χ1n) is 7.60. The SMILES string of the molecule is CN=c1ccccn1C1c2cc([N+](=O)[O-])ccc2OC(C)(C)C1O. The number of non-ortho nitro benzene ring substituents is 1. The van der Waals surface area contributed by atoms with Crippen LogP contribution in [-0.2, 0) is 0 Å². The highest BCUT2D eigenvalue weighted by molar-refractivity contribution is 5.48. The van der Waals surface area contributed by atoms with Crippen molar-refractivity contribution in [1.29, 1.82) is 0 Å². The first-order valence-corrected chi connectivity index (χ1v) is 7.60. The van der Waals surface area contributed by atoms with Crippen molar-refractivity contribution in [3.8, 4) is 5.75 Å². The number of nitrogens with zero attached hydrogens (tertiary/aromatic N) is 3. The third-order valence-corrected chi connectivity index (χ3v) is 4.30. The zero-order chi connectivity index (χ0) is 17.5. The summed E-state index contributed by atoms with van der Waals surface area (Å²) in [6, 6.07) is 9.42. The van der Waals surface area contributed by atoms with Crippen molar-refractivity contribution in [3.05, 3.63) is 63.8 Å². The molecule has 7 heteroatoms. The lowest BCUT2D eigenvalue weighted by Crippen LogP contribution is -2.52. The van der Waals surface area contributed by atoms with Gasteiger partial charge in [0.1, 0.15) is 22.9 Å². The zero-order valence-corrected chi connectivity index (χ0v) is 13.7. The summed E-state index contributed by atoms with van der Waals surface area (Å²) in [4.78, 5) is 14.9. The maximum Gasteiger partial charge on any atom is 0.270 e. The number of nitro groups is 1. The number of hydrogen-bond acceptors (Lipinski definition) is 5. The van der Waals surface area contributed by atoms with E-state index >= 15 is 0 Å². The minimum atomic E-state index is -0.903. The smallest absolute Gasteiger partial charge is 0.270 e. The van der Waals surface area contributed by atoms with Crippen molar-refractivity contribution in [1.82, 2.24) is 4.57 Å². The van der Waals surface area contributed by atoms with Crippen LogP contribution in [0.15, 0.2) is 47.6 Å². The van der Waals surface area contributed by atoms with E-state index < -0.39 is 22.7 Å². The highest BCUT2D eigenvalue weighted by atomic mass is 16.6. The van der Waals surface area contributed by atoms with Crippen LogP contribution < -0.4 is 10.2 Å². The van der Waals surface area contributed by atoms with Gasteiger partial charge in [0.15, 0.2) is 0 Å². The monoisotopic (exact) mass is 329 g/mol. The minimum absolute atomic E-state index is 0.0409. The van der Waals surface area contributed by atoms with Gasteiger partial charge in [0.25, 0.3) is 5.69 Å². The maximum absolute atomic E-state index is 11.1. The van der Waals surface area contributed by atoms with Gasteiger partial charge in [0.2, 0.25) is 0 Å². The van der Waals surface area contributed by atoms with E-state index in [0.717, 1.165) is 0 Å². The van der Waals surface area contributed by atoms with Crippen molar-refractivity contribution in [3.63, 3.8) is 0 Å². The molecule has 0 aliphatic carbocycles. The Labute approximate surface area is 139 Å². The molecule has 1 aromatic heterocycles. The first kappa shape index (κ1) is 16.2. The summed E-state index contributed by atoms with van der Waals surface area (Å²) in [5.74, 6) is 0.527. The predicted octanol–water partition coefficient (Wildman–Crippen LogP) is 2.05. The number of aromatic nitrogens is 1. The molecule has 2 heterocycles. The molecule has 7 nitrogen and oxygen atoms in total. The van der Waals surface area contributed by atoms with Gasteiger partial charge < -0.3 is 14.4 Å². The van der Waals surface area contributed by atoms with Gasteiger partial charge in [-0.25, -0.2) is 0 Å². The molecule has 0 amide bonds. The van der Waals surface area contributed by atoms with Gasteiger partial charge in [-0.3, -0.25) is 15.1 Å². The maximum atomic E-state index is 11.1. The molecule has 0 fully saturated rings. The number of aliphatic hydroxyl groups is 1. The van der Waals surface area contributed by atoms with Crippen molar-refractivity contribution in [2.75, 3.05) is 7.05 Å². The fourth-order valence-electron chi connectivity index (χ4n) is 3.04. The van der Waals surface area contributed by atoms with Crippen LogP contribution in [0.5, 0.6) is 5.75 Å². The normalized spacial score (nSPS) is 22.6. The number of aliphatic hydroxyl groups excluding tert-OH is 1. The van der Waals surface area contributed by atoms with E-state index in [2.05, 4.69) is 4.99 Å². The van der Waals surface area contributed by atoms with E-state index in [1.54, 1.807) is 33.2 Å². The fourth-order valence-corrected chi connectivity index (χ4v) is 3.04. The third-order valence-electron chi connectivity index (χ3n) is 4.30. The largest absolute Gasteiger partial charge is 0.485 e. The van der Waals surface area contributed by atoms with Gasteiger partial charge in [-0.1, -0.05) is 6.07 Å². The highest BCUT2D eigenvalue weighted by Gasteiger charge is 2.44. The van der Waals surface area contributed by atoms with Crippen molar-refractivity contribution in [2.24, 2.45) is 4.99 Å². The topological polar surface area (TPSA) is 89.9 Å². The second kappa shape index (κ2) is 5.76. The van der Waals surface area contributed by atoms with E-state index in [1.165, 1.54) is 12.1 Å². The van der Waals surface area contributed by atoms with Crippen LogP contribution >= 0.6 is 0 Å². The molecule has 0 saturated heterocycles. The summed E-state index contributed by atoms with van der Waals surface area (Å²) in [6.45, 7) is 3.59. The minimum Gasteiger partial charge on any atom is -0.485 e. The Balaban J connectivity index is 2.28. The second-order valence-electron chi connectivity index (χ2n) is 6.26. The van der Waals surface area contributed by atoms with E-state index in [9.17, 15) is 15.2 Å². The Hall–Kier alpha value is -2.67. The molecule has 0 saturated carbocycles. The lowest BCUT2D eigenvalue weighted by molar-refractivity contribution is -0.385. The molecule has 1 aromatic carbocycles. The Morgan fingerprint density at radius 1 is 1.33 bits per heavy atom. The van der Waals surface area contributed by atoms with E-state index in [-0.39, 0.29) is 5.69 Å².